The molecule has 0 N–H and O–H groups in total. The number of hydrogen-bond donors (Lipinski definition) is 0. The number of benzene rings is 4. The van der Waals surface area contributed by atoms with Gasteiger partial charge in [-0.15, -0.1) is 10.8 Å². The topological polar surface area (TPSA) is 34.6 Å². The van der Waals surface area contributed by atoms with Crippen LogP contribution in [0.25, 0.3) is 54.4 Å². The zero-order chi connectivity index (χ0) is 26.5. The van der Waals surface area contributed by atoms with E-state index in [1.807, 2.05) is 24.3 Å². The molecule has 0 spiro atoms. The van der Waals surface area contributed by atoms with E-state index in [1.165, 1.54) is 32.7 Å². The molecule has 8 rings (SSSR count). The molecule has 40 heavy (non-hydrogen) atoms. The molecule has 0 aliphatic heterocycles. The molecule has 0 radical (unpaired) electrons. The first-order valence-corrected chi connectivity index (χ1v) is 13.4. The molecule has 4 nitrogen and oxygen atoms in total. The fourth-order valence-corrected chi connectivity index (χ4v) is 6.74. The van der Waals surface area contributed by atoms with Crippen LogP contribution in [0.5, 0.6) is 0 Å². The fourth-order valence-electron chi connectivity index (χ4n) is 6.74. The number of aryl methyl sites for hydroxylation is 2. The van der Waals surface area contributed by atoms with Gasteiger partial charge in [0.1, 0.15) is 0 Å². The van der Waals surface area contributed by atoms with Gasteiger partial charge in [0.05, 0.1) is 27.8 Å². The van der Waals surface area contributed by atoms with Crippen molar-refractivity contribution in [3.63, 3.8) is 0 Å². The van der Waals surface area contributed by atoms with Gasteiger partial charge >= 0.3 is 21.1 Å². The van der Waals surface area contributed by atoms with E-state index in [9.17, 15) is 0 Å². The van der Waals surface area contributed by atoms with Crippen molar-refractivity contribution in [3.8, 4) is 0 Å². The van der Waals surface area contributed by atoms with E-state index in [4.69, 9.17) is 10.2 Å². The first kappa shape index (κ1) is 25.0. The normalized spacial score (nSPS) is 12.3. The van der Waals surface area contributed by atoms with Crippen molar-refractivity contribution in [1.82, 2.24) is 19.2 Å². The number of fused-ring (bicyclic) bond motifs is 12. The summed E-state index contributed by atoms with van der Waals surface area (Å²) < 4.78 is 4.18. The summed E-state index contributed by atoms with van der Waals surface area (Å²) in [7, 11) is 0. The van der Waals surface area contributed by atoms with Gasteiger partial charge in [-0.25, -0.2) is 0 Å². The van der Waals surface area contributed by atoms with Crippen LogP contribution in [0.15, 0.2) is 84.9 Å². The van der Waals surface area contributed by atoms with Crippen molar-refractivity contribution < 1.29 is 21.1 Å². The Hall–Kier alpha value is -4.01. The summed E-state index contributed by atoms with van der Waals surface area (Å²) in [5.41, 5.74) is 8.22. The van der Waals surface area contributed by atoms with Crippen LogP contribution < -0.4 is 0 Å². The first-order valence-electron chi connectivity index (χ1n) is 13.4. The largest absolute Gasteiger partial charge is 2.00 e. The number of hydrogen-bond acceptors (Lipinski definition) is 2. The van der Waals surface area contributed by atoms with Gasteiger partial charge in [0.15, 0.2) is 0 Å². The molecule has 4 aromatic carbocycles. The average Bonchev–Trinajstić information content (AvgIpc) is 3.52. The van der Waals surface area contributed by atoms with Gasteiger partial charge in [-0.05, 0) is 60.6 Å². The van der Waals surface area contributed by atoms with Crippen LogP contribution in [-0.4, -0.2) is 19.2 Å². The molecule has 8 aromatic rings. The number of nitrogens with zero attached hydrogens (tertiary/aromatic N) is 4. The van der Waals surface area contributed by atoms with Crippen molar-refractivity contribution in [1.29, 1.82) is 0 Å². The molecule has 196 valence electrons. The summed E-state index contributed by atoms with van der Waals surface area (Å²) in [6.45, 7) is 8.89. The third kappa shape index (κ3) is 3.17. The van der Waals surface area contributed by atoms with E-state index in [0.717, 1.165) is 44.2 Å². The molecule has 0 bridgehead atoms. The summed E-state index contributed by atoms with van der Waals surface area (Å²) >= 11 is 0. The van der Waals surface area contributed by atoms with Crippen LogP contribution in [0.4, 0.5) is 0 Å². The first-order chi connectivity index (χ1) is 19.0. The van der Waals surface area contributed by atoms with E-state index in [1.54, 1.807) is 0 Å². The third-order valence-corrected chi connectivity index (χ3v) is 8.47. The SMILES string of the molecule is Cc1c(C(C)(C)c2nn3c4[c-]cccc4c4ccccc4c3c2C)nn2c3[c-]cccc3c3ccccc3c12.[Pt+2]. The molecular weight excluding hydrogens is 671 g/mol. The summed E-state index contributed by atoms with van der Waals surface area (Å²) in [4.78, 5) is 0. The zero-order valence-corrected chi connectivity index (χ0v) is 25.0. The minimum absolute atomic E-state index is 0. The maximum Gasteiger partial charge on any atom is 2.00 e. The molecule has 4 heterocycles. The monoisotopic (exact) mass is 697 g/mol. The van der Waals surface area contributed by atoms with E-state index in [-0.39, 0.29) is 21.1 Å². The van der Waals surface area contributed by atoms with Gasteiger partial charge in [0.2, 0.25) is 0 Å². The second kappa shape index (κ2) is 8.74. The van der Waals surface area contributed by atoms with Gasteiger partial charge in [-0.1, -0.05) is 59.3 Å². The Balaban J connectivity index is 0.00000264. The molecule has 0 aliphatic rings. The van der Waals surface area contributed by atoms with Crippen molar-refractivity contribution in [2.75, 3.05) is 0 Å². The van der Waals surface area contributed by atoms with Crippen molar-refractivity contribution in [2.45, 2.75) is 33.1 Å². The van der Waals surface area contributed by atoms with E-state index >= 15 is 0 Å². The quantitative estimate of drug-likeness (QED) is 0.135. The van der Waals surface area contributed by atoms with E-state index in [0.29, 0.717) is 0 Å². The zero-order valence-electron chi connectivity index (χ0n) is 22.7. The van der Waals surface area contributed by atoms with Gasteiger partial charge in [-0.3, -0.25) is 9.03 Å². The summed E-state index contributed by atoms with van der Waals surface area (Å²) in [6.07, 6.45) is 0. The smallest absolute Gasteiger partial charge is 0.257 e. The third-order valence-electron chi connectivity index (χ3n) is 8.47. The molecule has 0 unspecified atom stereocenters. The van der Waals surface area contributed by atoms with Crippen LogP contribution >= 0.6 is 0 Å². The molecule has 0 saturated heterocycles. The van der Waals surface area contributed by atoms with Crippen LogP contribution in [0, 0.1) is 26.0 Å². The Kier molecular flexibility index (Phi) is 5.46. The second-order valence-electron chi connectivity index (χ2n) is 11.0. The van der Waals surface area contributed by atoms with Crippen LogP contribution in [-0.2, 0) is 26.5 Å². The summed E-state index contributed by atoms with van der Waals surface area (Å²) in [5.74, 6) is 0. The second-order valence-corrected chi connectivity index (χ2v) is 11.0. The van der Waals surface area contributed by atoms with Gasteiger partial charge in [0, 0.05) is 0 Å². The Labute approximate surface area is 246 Å². The molecule has 0 atom stereocenters. The predicted octanol–water partition coefficient (Wildman–Crippen LogP) is 8.14. The Bertz CT molecular complexity index is 2130. The number of pyridine rings is 2. The number of rotatable bonds is 2. The molecule has 4 aromatic heterocycles. The van der Waals surface area contributed by atoms with Crippen molar-refractivity contribution in [3.05, 3.63) is 120 Å². The molecule has 0 saturated carbocycles. The van der Waals surface area contributed by atoms with Crippen LogP contribution in [0.3, 0.4) is 0 Å². The maximum atomic E-state index is 5.30. The van der Waals surface area contributed by atoms with Gasteiger partial charge in [0.25, 0.3) is 0 Å². The number of para-hydroxylation sites is 2. The van der Waals surface area contributed by atoms with Crippen molar-refractivity contribution >= 4 is 54.4 Å². The fraction of sp³-hybridized carbons (Fsp3) is 0.143. The number of aromatic nitrogens is 4. The van der Waals surface area contributed by atoms with Crippen LogP contribution in [0.2, 0.25) is 0 Å². The predicted molar refractivity (Wildman–Crippen MR) is 160 cm³/mol. The average molecular weight is 698 g/mol. The molecular formula is C35H26N4Pt. The van der Waals surface area contributed by atoms with Gasteiger partial charge < -0.3 is 0 Å². The Morgan fingerprint density at radius 1 is 0.550 bits per heavy atom. The van der Waals surface area contributed by atoms with Crippen molar-refractivity contribution in [2.24, 2.45) is 0 Å². The Morgan fingerprint density at radius 3 is 1.35 bits per heavy atom. The molecule has 0 amide bonds. The summed E-state index contributed by atoms with van der Waals surface area (Å²) in [6, 6.07) is 36.5. The minimum Gasteiger partial charge on any atom is -0.257 e. The standard InChI is InChI=1S/C35H26N4.Pt/c1-21-31-27-17-7-5-13-23(27)25-15-9-11-19-29(25)38(31)36-33(21)35(3,4)34-22(2)32-28-18-8-6-14-24(28)26-16-10-12-20-30(26)39(32)37-34;/h5-18H,1-4H3;/q-2;+2. The molecule has 0 fully saturated rings. The Morgan fingerprint density at radius 2 is 0.925 bits per heavy atom. The van der Waals surface area contributed by atoms with E-state index < -0.39 is 5.41 Å². The van der Waals surface area contributed by atoms with E-state index in [2.05, 4.69) is 110 Å². The molecule has 0 aliphatic carbocycles. The van der Waals surface area contributed by atoms with Crippen LogP contribution in [0.1, 0.15) is 36.4 Å². The maximum absolute atomic E-state index is 5.30. The minimum atomic E-state index is -0.448. The summed E-state index contributed by atoms with van der Waals surface area (Å²) in [5, 5.41) is 17.8. The van der Waals surface area contributed by atoms with Gasteiger partial charge in [-0.2, -0.15) is 58.7 Å². The molecule has 5 heteroatoms.